The minimum Gasteiger partial charge on any atom is -0.479 e. The van der Waals surface area contributed by atoms with Gasteiger partial charge in [-0.1, -0.05) is 15.9 Å². The SMILES string of the molecule is Cc1c(N)cc(Br)cc1C(=O)OCC(=O)O. The highest BCUT2D eigenvalue weighted by molar-refractivity contribution is 9.10. The van der Waals surface area contributed by atoms with Crippen molar-refractivity contribution in [2.75, 3.05) is 12.3 Å². The predicted octanol–water partition coefficient (Wildman–Crippen LogP) is 1.58. The van der Waals surface area contributed by atoms with Crippen LogP contribution in [0.2, 0.25) is 0 Å². The molecule has 0 aliphatic heterocycles. The van der Waals surface area contributed by atoms with Crippen LogP contribution in [0.5, 0.6) is 0 Å². The molecular weight excluding hydrogens is 278 g/mol. The Labute approximate surface area is 100 Å². The second-order valence-electron chi connectivity index (χ2n) is 3.14. The van der Waals surface area contributed by atoms with Crippen LogP contribution in [0, 0.1) is 6.92 Å². The van der Waals surface area contributed by atoms with Gasteiger partial charge in [-0.05, 0) is 24.6 Å². The van der Waals surface area contributed by atoms with Crippen LogP contribution in [0.1, 0.15) is 15.9 Å². The summed E-state index contributed by atoms with van der Waals surface area (Å²) in [6, 6.07) is 3.19. The van der Waals surface area contributed by atoms with E-state index in [0.717, 1.165) is 0 Å². The predicted molar refractivity (Wildman–Crippen MR) is 61.2 cm³/mol. The molecule has 0 saturated heterocycles. The molecule has 0 unspecified atom stereocenters. The Kier molecular flexibility index (Phi) is 3.89. The maximum Gasteiger partial charge on any atom is 0.341 e. The Balaban J connectivity index is 2.95. The van der Waals surface area contributed by atoms with Crippen LogP contribution in [0.15, 0.2) is 16.6 Å². The number of carboxylic acid groups (broad SMARTS) is 1. The highest BCUT2D eigenvalue weighted by atomic mass is 79.9. The molecule has 6 heteroatoms. The third kappa shape index (κ3) is 2.96. The lowest BCUT2D eigenvalue weighted by Crippen LogP contribution is -2.14. The Bertz CT molecular complexity index is 445. The number of carbonyl (C=O) groups is 2. The molecule has 0 saturated carbocycles. The van der Waals surface area contributed by atoms with Crippen LogP contribution in [-0.4, -0.2) is 23.7 Å². The second kappa shape index (κ2) is 4.98. The highest BCUT2D eigenvalue weighted by Gasteiger charge is 2.14. The van der Waals surface area contributed by atoms with Crippen LogP contribution < -0.4 is 5.73 Å². The summed E-state index contributed by atoms with van der Waals surface area (Å²) in [5.41, 5.74) is 6.93. The van der Waals surface area contributed by atoms with E-state index in [2.05, 4.69) is 20.7 Å². The van der Waals surface area contributed by atoms with E-state index in [0.29, 0.717) is 15.7 Å². The van der Waals surface area contributed by atoms with Gasteiger partial charge in [0.15, 0.2) is 6.61 Å². The molecule has 0 spiro atoms. The number of esters is 1. The molecule has 86 valence electrons. The number of nitrogen functional groups attached to an aromatic ring is 1. The maximum absolute atomic E-state index is 11.5. The molecule has 0 radical (unpaired) electrons. The van der Waals surface area contributed by atoms with E-state index in [1.54, 1.807) is 13.0 Å². The average molecular weight is 288 g/mol. The van der Waals surface area contributed by atoms with Crippen molar-refractivity contribution in [3.05, 3.63) is 27.7 Å². The second-order valence-corrected chi connectivity index (χ2v) is 4.05. The van der Waals surface area contributed by atoms with E-state index in [1.165, 1.54) is 6.07 Å². The van der Waals surface area contributed by atoms with Gasteiger partial charge in [0.2, 0.25) is 0 Å². The Morgan fingerprint density at radius 3 is 2.69 bits per heavy atom. The first-order valence-corrected chi connectivity index (χ1v) is 5.15. The zero-order valence-corrected chi connectivity index (χ0v) is 10.1. The number of hydrogen-bond donors (Lipinski definition) is 2. The van der Waals surface area contributed by atoms with Gasteiger partial charge < -0.3 is 15.6 Å². The van der Waals surface area contributed by atoms with Crippen molar-refractivity contribution in [1.29, 1.82) is 0 Å². The molecule has 3 N–H and O–H groups in total. The van der Waals surface area contributed by atoms with Crippen molar-refractivity contribution >= 4 is 33.6 Å². The van der Waals surface area contributed by atoms with Gasteiger partial charge in [-0.25, -0.2) is 9.59 Å². The van der Waals surface area contributed by atoms with E-state index in [4.69, 9.17) is 10.8 Å². The van der Waals surface area contributed by atoms with Gasteiger partial charge >= 0.3 is 11.9 Å². The summed E-state index contributed by atoms with van der Waals surface area (Å²) in [7, 11) is 0. The van der Waals surface area contributed by atoms with Gasteiger partial charge in [0, 0.05) is 10.2 Å². The highest BCUT2D eigenvalue weighted by Crippen LogP contribution is 2.23. The van der Waals surface area contributed by atoms with E-state index >= 15 is 0 Å². The summed E-state index contributed by atoms with van der Waals surface area (Å²) >= 11 is 3.19. The summed E-state index contributed by atoms with van der Waals surface area (Å²) in [5, 5.41) is 8.38. The van der Waals surface area contributed by atoms with Gasteiger partial charge in [0.05, 0.1) is 5.56 Å². The molecule has 0 aliphatic rings. The summed E-state index contributed by atoms with van der Waals surface area (Å²) in [5.74, 6) is -1.90. The first-order chi connectivity index (χ1) is 7.41. The first-order valence-electron chi connectivity index (χ1n) is 4.36. The number of carboxylic acids is 1. The average Bonchev–Trinajstić information content (AvgIpc) is 2.19. The van der Waals surface area contributed by atoms with Gasteiger partial charge in [0.25, 0.3) is 0 Å². The van der Waals surface area contributed by atoms with E-state index in [9.17, 15) is 9.59 Å². The summed E-state index contributed by atoms with van der Waals surface area (Å²) < 4.78 is 5.20. The number of benzene rings is 1. The molecule has 1 rings (SSSR count). The molecule has 0 fully saturated rings. The summed E-state index contributed by atoms with van der Waals surface area (Å²) in [4.78, 5) is 21.8. The molecule has 0 aliphatic carbocycles. The van der Waals surface area contributed by atoms with Gasteiger partial charge in [-0.15, -0.1) is 0 Å². The van der Waals surface area contributed by atoms with Crippen LogP contribution in [0.4, 0.5) is 5.69 Å². The molecule has 16 heavy (non-hydrogen) atoms. The first kappa shape index (κ1) is 12.5. The third-order valence-electron chi connectivity index (χ3n) is 1.96. The zero-order valence-electron chi connectivity index (χ0n) is 8.49. The third-order valence-corrected chi connectivity index (χ3v) is 2.42. The van der Waals surface area contributed by atoms with Crippen LogP contribution in [0.25, 0.3) is 0 Å². The van der Waals surface area contributed by atoms with E-state index in [1.807, 2.05) is 0 Å². The molecule has 5 nitrogen and oxygen atoms in total. The summed E-state index contributed by atoms with van der Waals surface area (Å²) in [6.45, 7) is 1.00. The molecule has 0 atom stereocenters. The van der Waals surface area contributed by atoms with Crippen LogP contribution in [0.3, 0.4) is 0 Å². The topological polar surface area (TPSA) is 89.6 Å². The number of aliphatic carboxylic acids is 1. The summed E-state index contributed by atoms with van der Waals surface area (Å²) in [6.07, 6.45) is 0. The number of nitrogens with two attached hydrogens (primary N) is 1. The number of hydrogen-bond acceptors (Lipinski definition) is 4. The van der Waals surface area contributed by atoms with Gasteiger partial charge in [-0.3, -0.25) is 0 Å². The molecule has 0 heterocycles. The van der Waals surface area contributed by atoms with Crippen molar-refractivity contribution in [2.45, 2.75) is 6.92 Å². The van der Waals surface area contributed by atoms with Gasteiger partial charge in [-0.2, -0.15) is 0 Å². The van der Waals surface area contributed by atoms with Gasteiger partial charge in [0.1, 0.15) is 0 Å². The molecular formula is C10H10BrNO4. The normalized spacial score (nSPS) is 9.88. The van der Waals surface area contributed by atoms with Crippen molar-refractivity contribution in [2.24, 2.45) is 0 Å². The minimum absolute atomic E-state index is 0.258. The Morgan fingerprint density at radius 1 is 1.50 bits per heavy atom. The number of carbonyl (C=O) groups excluding carboxylic acids is 1. The van der Waals surface area contributed by atoms with E-state index < -0.39 is 18.5 Å². The molecule has 0 amide bonds. The number of ether oxygens (including phenoxy) is 1. The van der Waals surface area contributed by atoms with Crippen molar-refractivity contribution in [3.63, 3.8) is 0 Å². The lowest BCUT2D eigenvalue weighted by molar-refractivity contribution is -0.140. The molecule has 0 aromatic heterocycles. The zero-order chi connectivity index (χ0) is 12.3. The Hall–Kier alpha value is -1.56. The van der Waals surface area contributed by atoms with E-state index in [-0.39, 0.29) is 5.56 Å². The smallest absolute Gasteiger partial charge is 0.341 e. The standard InChI is InChI=1S/C10H10BrNO4/c1-5-7(2-6(11)3-8(5)12)10(15)16-4-9(13)14/h2-3H,4,12H2,1H3,(H,13,14). The Morgan fingerprint density at radius 2 is 2.12 bits per heavy atom. The van der Waals surface area contributed by atoms with Crippen molar-refractivity contribution in [3.8, 4) is 0 Å². The fourth-order valence-corrected chi connectivity index (χ4v) is 1.59. The number of rotatable bonds is 3. The largest absolute Gasteiger partial charge is 0.479 e. The fourth-order valence-electron chi connectivity index (χ4n) is 1.12. The maximum atomic E-state index is 11.5. The lowest BCUT2D eigenvalue weighted by Gasteiger charge is -2.08. The lowest BCUT2D eigenvalue weighted by atomic mass is 10.1. The molecule has 0 bridgehead atoms. The minimum atomic E-state index is -1.20. The van der Waals surface area contributed by atoms with Crippen LogP contribution >= 0.6 is 15.9 Å². The molecule has 1 aromatic carbocycles. The number of halogens is 1. The number of anilines is 1. The quantitative estimate of drug-likeness (QED) is 0.651. The molecule has 1 aromatic rings. The fraction of sp³-hybridized carbons (Fsp3) is 0.200. The van der Waals surface area contributed by atoms with Crippen molar-refractivity contribution in [1.82, 2.24) is 0 Å². The van der Waals surface area contributed by atoms with Crippen LogP contribution in [-0.2, 0) is 9.53 Å². The monoisotopic (exact) mass is 287 g/mol. The van der Waals surface area contributed by atoms with Crippen molar-refractivity contribution < 1.29 is 19.4 Å².